The van der Waals surface area contributed by atoms with Gasteiger partial charge in [-0.3, -0.25) is 4.79 Å². The summed E-state index contributed by atoms with van der Waals surface area (Å²) in [6, 6.07) is 20.0. The quantitative estimate of drug-likeness (QED) is 0.614. The van der Waals surface area contributed by atoms with E-state index in [4.69, 9.17) is 0 Å². The van der Waals surface area contributed by atoms with Crippen molar-refractivity contribution in [1.29, 1.82) is 0 Å². The van der Waals surface area contributed by atoms with Crippen LogP contribution in [0.15, 0.2) is 72.8 Å². The minimum absolute atomic E-state index is 0.246. The summed E-state index contributed by atoms with van der Waals surface area (Å²) in [7, 11) is 0. The molecule has 1 heterocycles. The minimum Gasteiger partial charge on any atom is -0.292 e. The Morgan fingerprint density at radius 3 is 2.19 bits per heavy atom. The van der Waals surface area contributed by atoms with Gasteiger partial charge in [-0.25, -0.2) is 0 Å². The second kappa shape index (κ2) is 4.88. The first-order chi connectivity index (χ1) is 10.3. The molecular weight excluding hydrogens is 276 g/mol. The Labute approximate surface area is 129 Å². The Morgan fingerprint density at radius 2 is 1.62 bits per heavy atom. The monoisotopic (exact) mass is 292 g/mol. The van der Waals surface area contributed by atoms with Gasteiger partial charge < -0.3 is 0 Å². The van der Waals surface area contributed by atoms with Gasteiger partial charge in [0.1, 0.15) is 4.75 Å². The lowest BCUT2D eigenvalue weighted by Crippen LogP contribution is -2.37. The van der Waals surface area contributed by atoms with Crippen LogP contribution in [0.25, 0.3) is 0 Å². The van der Waals surface area contributed by atoms with Gasteiger partial charge in [-0.2, -0.15) is 0 Å². The number of allylic oxidation sites excluding steroid dienone is 1. The number of benzene rings is 2. The van der Waals surface area contributed by atoms with Gasteiger partial charge in [0.05, 0.1) is 0 Å². The molecule has 4 rings (SSSR count). The summed E-state index contributed by atoms with van der Waals surface area (Å²) in [4.78, 5) is 13.3. The van der Waals surface area contributed by atoms with Gasteiger partial charge in [-0.1, -0.05) is 72.8 Å². The summed E-state index contributed by atoms with van der Waals surface area (Å²) in [6.45, 7) is 0. The first-order valence-corrected chi connectivity index (χ1v) is 8.20. The van der Waals surface area contributed by atoms with Gasteiger partial charge >= 0.3 is 0 Å². The highest BCUT2D eigenvalue weighted by molar-refractivity contribution is 8.02. The van der Waals surface area contributed by atoms with Crippen LogP contribution in [0.3, 0.4) is 0 Å². The fourth-order valence-electron chi connectivity index (χ4n) is 3.51. The Bertz CT molecular complexity index is 692. The normalized spacial score (nSPS) is 29.7. The van der Waals surface area contributed by atoms with E-state index in [0.29, 0.717) is 11.2 Å². The Balaban J connectivity index is 1.86. The van der Waals surface area contributed by atoms with Crippen molar-refractivity contribution in [2.45, 2.75) is 16.4 Å². The van der Waals surface area contributed by atoms with Crippen molar-refractivity contribution in [1.82, 2.24) is 0 Å². The molecule has 0 aromatic heterocycles. The molecule has 104 valence electrons. The Hall–Kier alpha value is -1.80. The number of Topliss-reactive ketones (excluding diaryl/α,β-unsaturated/α-hetero) is 1. The van der Waals surface area contributed by atoms with E-state index in [1.807, 2.05) is 60.3 Å². The molecule has 2 aliphatic rings. The van der Waals surface area contributed by atoms with E-state index in [-0.39, 0.29) is 5.78 Å². The number of carbonyl (C=O) groups excluding carboxylic acids is 1. The van der Waals surface area contributed by atoms with Crippen molar-refractivity contribution >= 4 is 17.5 Å². The summed E-state index contributed by atoms with van der Waals surface area (Å²) in [6.07, 6.45) is 5.59. The summed E-state index contributed by atoms with van der Waals surface area (Å²) in [5, 5.41) is 0.475. The molecule has 0 saturated carbocycles. The maximum Gasteiger partial charge on any atom is 0.183 e. The summed E-state index contributed by atoms with van der Waals surface area (Å²) in [5.41, 5.74) is 1.95. The van der Waals surface area contributed by atoms with E-state index < -0.39 is 4.75 Å². The predicted octanol–water partition coefficient (Wildman–Crippen LogP) is 4.46. The number of fused-ring (bicyclic) bond motifs is 2. The van der Waals surface area contributed by atoms with Crippen molar-refractivity contribution < 1.29 is 4.79 Å². The van der Waals surface area contributed by atoms with Gasteiger partial charge in [-0.05, 0) is 12.0 Å². The van der Waals surface area contributed by atoms with Crippen molar-refractivity contribution in [3.05, 3.63) is 83.9 Å². The molecule has 2 aromatic rings. The first-order valence-electron chi connectivity index (χ1n) is 7.32. The van der Waals surface area contributed by atoms with Gasteiger partial charge in [0.15, 0.2) is 5.78 Å². The molecule has 3 unspecified atom stereocenters. The fraction of sp³-hybridized carbons (Fsp3) is 0.211. The second-order valence-corrected chi connectivity index (χ2v) is 7.17. The molecular formula is C19H16OS. The zero-order chi connectivity index (χ0) is 14.3. The first kappa shape index (κ1) is 12.9. The molecule has 0 spiro atoms. The van der Waals surface area contributed by atoms with Crippen LogP contribution in [0, 0.1) is 5.92 Å². The lowest BCUT2D eigenvalue weighted by atomic mass is 9.79. The molecule has 2 bridgehead atoms. The Morgan fingerprint density at radius 1 is 0.952 bits per heavy atom. The minimum atomic E-state index is -0.442. The maximum atomic E-state index is 13.3. The standard InChI is InChI=1S/C19H16OS/c20-18(14-7-3-1-4-8-14)19(15-9-5-2-6-10-15)16-11-12-17(13-16)21-19/h1-12,16-17H,13H2. The molecule has 0 N–H and O–H groups in total. The van der Waals surface area contributed by atoms with Crippen molar-refractivity contribution in [3.8, 4) is 0 Å². The summed E-state index contributed by atoms with van der Waals surface area (Å²) < 4.78 is -0.442. The predicted molar refractivity (Wildman–Crippen MR) is 87.5 cm³/mol. The second-order valence-electron chi connectivity index (χ2n) is 5.68. The van der Waals surface area contributed by atoms with Gasteiger partial charge in [0.25, 0.3) is 0 Å². The summed E-state index contributed by atoms with van der Waals surface area (Å²) >= 11 is 1.83. The third kappa shape index (κ3) is 1.90. The zero-order valence-corrected chi connectivity index (χ0v) is 12.4. The third-order valence-corrected chi connectivity index (χ3v) is 6.23. The fourth-order valence-corrected chi connectivity index (χ4v) is 5.30. The Kier molecular flexibility index (Phi) is 3.00. The molecule has 21 heavy (non-hydrogen) atoms. The number of ketones is 1. The molecule has 1 nitrogen and oxygen atoms in total. The molecule has 1 fully saturated rings. The van der Waals surface area contributed by atoms with Crippen molar-refractivity contribution in [2.75, 3.05) is 0 Å². The number of thioether (sulfide) groups is 1. The van der Waals surface area contributed by atoms with Gasteiger partial charge in [-0.15, -0.1) is 11.8 Å². The van der Waals surface area contributed by atoms with Crippen molar-refractivity contribution in [3.63, 3.8) is 0 Å². The van der Waals surface area contributed by atoms with Crippen LogP contribution in [0.2, 0.25) is 0 Å². The number of rotatable bonds is 3. The van der Waals surface area contributed by atoms with Gasteiger partial charge in [0.2, 0.25) is 0 Å². The van der Waals surface area contributed by atoms with Crippen LogP contribution in [0.1, 0.15) is 22.3 Å². The van der Waals surface area contributed by atoms with E-state index >= 15 is 0 Å². The van der Waals surface area contributed by atoms with E-state index in [1.165, 1.54) is 0 Å². The third-order valence-electron chi connectivity index (χ3n) is 4.48. The van der Waals surface area contributed by atoms with Crippen LogP contribution in [0.4, 0.5) is 0 Å². The number of carbonyl (C=O) groups is 1. The topological polar surface area (TPSA) is 17.1 Å². The highest BCUT2D eigenvalue weighted by Crippen LogP contribution is 2.59. The van der Waals surface area contributed by atoms with Crippen LogP contribution < -0.4 is 0 Å². The average Bonchev–Trinajstić information content (AvgIpc) is 3.17. The van der Waals surface area contributed by atoms with Crippen molar-refractivity contribution in [2.24, 2.45) is 5.92 Å². The van der Waals surface area contributed by atoms with E-state index in [1.54, 1.807) is 0 Å². The maximum absolute atomic E-state index is 13.3. The number of hydrogen-bond acceptors (Lipinski definition) is 2. The molecule has 1 aliphatic carbocycles. The van der Waals surface area contributed by atoms with Crippen LogP contribution in [-0.4, -0.2) is 11.0 Å². The number of hydrogen-bond donors (Lipinski definition) is 0. The molecule has 2 heteroatoms. The molecule has 3 atom stereocenters. The molecule has 0 amide bonds. The lowest BCUT2D eigenvalue weighted by Gasteiger charge is -2.34. The van der Waals surface area contributed by atoms with Crippen LogP contribution in [-0.2, 0) is 4.75 Å². The smallest absolute Gasteiger partial charge is 0.183 e. The molecule has 2 aromatic carbocycles. The molecule has 0 radical (unpaired) electrons. The summed E-state index contributed by atoms with van der Waals surface area (Å²) in [5.74, 6) is 0.554. The average molecular weight is 292 g/mol. The SMILES string of the molecule is O=C(c1ccccc1)C1(c2ccccc2)SC2C=CC1C2. The van der Waals surface area contributed by atoms with Gasteiger partial charge in [0, 0.05) is 16.7 Å². The zero-order valence-electron chi connectivity index (χ0n) is 11.6. The highest BCUT2D eigenvalue weighted by Gasteiger charge is 2.55. The van der Waals surface area contributed by atoms with Crippen LogP contribution in [0.5, 0.6) is 0 Å². The van der Waals surface area contributed by atoms with E-state index in [2.05, 4.69) is 24.3 Å². The molecule has 1 saturated heterocycles. The van der Waals surface area contributed by atoms with Crippen LogP contribution >= 0.6 is 11.8 Å². The van der Waals surface area contributed by atoms with E-state index in [9.17, 15) is 4.79 Å². The lowest BCUT2D eigenvalue weighted by molar-refractivity contribution is 0.0922. The largest absolute Gasteiger partial charge is 0.292 e. The molecule has 1 aliphatic heterocycles. The van der Waals surface area contributed by atoms with E-state index in [0.717, 1.165) is 17.5 Å². The highest BCUT2D eigenvalue weighted by atomic mass is 32.2.